The summed E-state index contributed by atoms with van der Waals surface area (Å²) in [4.78, 5) is 11.6. The molecule has 2 aliphatic heterocycles. The summed E-state index contributed by atoms with van der Waals surface area (Å²) in [6.45, 7) is 6.35. The zero-order valence-electron chi connectivity index (χ0n) is 35.6. The van der Waals surface area contributed by atoms with E-state index in [0.29, 0.717) is 45.1 Å². The first-order valence-corrected chi connectivity index (χ1v) is 23.8. The van der Waals surface area contributed by atoms with Gasteiger partial charge in [-0.05, 0) is 58.8 Å². The Morgan fingerprint density at radius 1 is 0.672 bits per heavy atom. The number of unbranched alkanes of at least 4 members (excludes halogenated alkanes) is 4. The minimum Gasteiger partial charge on any atom is -0.394 e. The Labute approximate surface area is 436 Å². The van der Waals surface area contributed by atoms with E-state index in [2.05, 4.69) is 5.32 Å². The molecule has 2 saturated heterocycles. The maximum Gasteiger partial charge on any atom is 0.319 e. The van der Waals surface area contributed by atoms with Gasteiger partial charge in [0, 0.05) is 130 Å². The third-order valence-electron chi connectivity index (χ3n) is 9.14. The SMILES string of the molecule is CC(=O)NC1C(OCCCCCO[PH](=O)OCC(CC[PH](=O)OCCCCCOC2OC(CO)C(O)C(O)C2C)O[PH](=O)OCCOC(C)C)OC(CO)C(O)C1O.[Y].[Y].[Y]. The van der Waals surface area contributed by atoms with Crippen LogP contribution in [0.3, 0.4) is 0 Å². The fourth-order valence-corrected chi connectivity index (χ4v) is 8.40. The molecule has 0 aromatic heterocycles. The second kappa shape index (κ2) is 38.7. The zero-order chi connectivity index (χ0) is 43.0. The van der Waals surface area contributed by atoms with Gasteiger partial charge in [0.15, 0.2) is 20.6 Å². The van der Waals surface area contributed by atoms with Crippen LogP contribution in [0.15, 0.2) is 0 Å². The molecule has 3 radical (unpaired) electrons. The topological polar surface area (TPSA) is 294 Å². The molecular formula is C34H68NO20P3Y3. The largest absolute Gasteiger partial charge is 0.394 e. The van der Waals surface area contributed by atoms with Crippen molar-refractivity contribution >= 4 is 30.4 Å². The molecule has 353 valence electrons. The van der Waals surface area contributed by atoms with E-state index in [-0.39, 0.29) is 156 Å². The third kappa shape index (κ3) is 27.6. The number of hydrogen-bond acceptors (Lipinski definition) is 20. The van der Waals surface area contributed by atoms with Crippen LogP contribution < -0.4 is 5.32 Å². The van der Waals surface area contributed by atoms with Gasteiger partial charge in [-0.3, -0.25) is 18.5 Å². The number of carbonyl (C=O) groups is 1. The molecule has 2 fully saturated rings. The number of carbonyl (C=O) groups excluding carboxylic acids is 1. The smallest absolute Gasteiger partial charge is 0.319 e. The number of amides is 1. The summed E-state index contributed by atoms with van der Waals surface area (Å²) in [5.74, 6) is -0.946. The van der Waals surface area contributed by atoms with E-state index in [1.165, 1.54) is 6.92 Å². The molecule has 0 bridgehead atoms. The average molecular weight is 1170 g/mol. The molecule has 0 aromatic carbocycles. The number of ether oxygens (including phenoxy) is 5. The molecule has 7 N–H and O–H groups in total. The van der Waals surface area contributed by atoms with E-state index in [9.17, 15) is 49.1 Å². The van der Waals surface area contributed by atoms with Crippen molar-refractivity contribution in [3.63, 3.8) is 0 Å². The predicted octanol–water partition coefficient (Wildman–Crippen LogP) is 0.892. The standard InChI is InChI=1S/C34H68NO20P3.3Y/c1-22(2)46-16-17-51-58(45)55-25(11-18-56(43)49-14-9-5-7-12-47-33-23(3)29(39)30(40)26(19-36)53-33)21-52-57(44)50-15-10-6-8-13-48-34-28(35-24(4)38)32(42)31(41)27(20-37)54-34;;;/h22-23,25-34,36-37,39-42,56-58H,5-21H2,1-4H3,(H,35,38);;;. The van der Waals surface area contributed by atoms with Crippen molar-refractivity contribution < 1.29 is 194 Å². The van der Waals surface area contributed by atoms with Crippen molar-refractivity contribution in [2.75, 3.05) is 65.6 Å². The average Bonchev–Trinajstić information content (AvgIpc) is 3.18. The number of aliphatic hydroxyl groups excluding tert-OH is 6. The molecule has 2 aliphatic rings. The van der Waals surface area contributed by atoms with E-state index >= 15 is 0 Å². The first kappa shape index (κ1) is 65.9. The Bertz CT molecular complexity index is 1210. The molecule has 0 aliphatic carbocycles. The first-order chi connectivity index (χ1) is 27.7. The van der Waals surface area contributed by atoms with Crippen molar-refractivity contribution in [2.45, 2.75) is 140 Å². The molecule has 27 heteroatoms. The van der Waals surface area contributed by atoms with Crippen LogP contribution in [0, 0.1) is 5.92 Å². The molecule has 14 unspecified atom stereocenters. The van der Waals surface area contributed by atoms with Crippen molar-refractivity contribution in [3.8, 4) is 0 Å². The summed E-state index contributed by atoms with van der Waals surface area (Å²) in [5.41, 5.74) is 0. The van der Waals surface area contributed by atoms with Crippen molar-refractivity contribution in [1.82, 2.24) is 5.32 Å². The van der Waals surface area contributed by atoms with Crippen LogP contribution in [-0.2, 0) is 163 Å². The summed E-state index contributed by atoms with van der Waals surface area (Å²) in [6, 6.07) is -1.04. The van der Waals surface area contributed by atoms with Crippen LogP contribution >= 0.6 is 24.5 Å². The van der Waals surface area contributed by atoms with Gasteiger partial charge in [-0.2, -0.15) is 0 Å². The first-order valence-electron chi connectivity index (χ1n) is 19.8. The summed E-state index contributed by atoms with van der Waals surface area (Å²) >= 11 is 0. The van der Waals surface area contributed by atoms with Gasteiger partial charge in [0.05, 0.1) is 64.6 Å². The van der Waals surface area contributed by atoms with Gasteiger partial charge >= 0.3 is 16.5 Å². The van der Waals surface area contributed by atoms with E-state index in [1.54, 1.807) is 6.92 Å². The molecule has 14 atom stereocenters. The maximum atomic E-state index is 12.6. The predicted molar refractivity (Wildman–Crippen MR) is 208 cm³/mol. The van der Waals surface area contributed by atoms with Gasteiger partial charge in [-0.1, -0.05) is 6.92 Å². The molecule has 2 rings (SSSR count). The molecule has 0 spiro atoms. The molecule has 21 nitrogen and oxygen atoms in total. The van der Waals surface area contributed by atoms with E-state index < -0.39 is 111 Å². The van der Waals surface area contributed by atoms with Gasteiger partial charge in [0.2, 0.25) is 5.91 Å². The number of rotatable bonds is 32. The van der Waals surface area contributed by atoms with Gasteiger partial charge < -0.3 is 82.3 Å². The van der Waals surface area contributed by atoms with Crippen LogP contribution in [0.2, 0.25) is 0 Å². The fraction of sp³-hybridized carbons (Fsp3) is 0.971. The van der Waals surface area contributed by atoms with E-state index in [4.69, 9.17) is 46.3 Å². The van der Waals surface area contributed by atoms with Crippen molar-refractivity contribution in [3.05, 3.63) is 0 Å². The Morgan fingerprint density at radius 2 is 1.20 bits per heavy atom. The van der Waals surface area contributed by atoms with Crippen LogP contribution in [0.1, 0.15) is 72.6 Å². The van der Waals surface area contributed by atoms with Crippen LogP contribution in [0.4, 0.5) is 0 Å². The summed E-state index contributed by atoms with van der Waals surface area (Å²) in [7, 11) is -8.49. The second-order valence-electron chi connectivity index (χ2n) is 14.3. The Kier molecular flexibility index (Phi) is 41.8. The normalized spacial score (nSPS) is 28.4. The van der Waals surface area contributed by atoms with Crippen LogP contribution in [0.5, 0.6) is 0 Å². The van der Waals surface area contributed by atoms with Crippen LogP contribution in [-0.4, -0.2) is 170 Å². The monoisotopic (exact) mass is 1170 g/mol. The molecular weight excluding hydrogens is 1100 g/mol. The van der Waals surface area contributed by atoms with Gasteiger partial charge in [0.1, 0.15) is 36.6 Å². The third-order valence-corrected chi connectivity index (χ3v) is 12.2. The van der Waals surface area contributed by atoms with E-state index in [1.807, 2.05) is 13.8 Å². The summed E-state index contributed by atoms with van der Waals surface area (Å²) < 4.78 is 92.4. The zero-order valence-corrected chi connectivity index (χ0v) is 47.1. The molecule has 2 heterocycles. The molecule has 0 saturated carbocycles. The Balaban J connectivity index is 0. The molecule has 61 heavy (non-hydrogen) atoms. The minimum absolute atomic E-state index is 0. The van der Waals surface area contributed by atoms with Gasteiger partial charge in [-0.25, -0.2) is 0 Å². The van der Waals surface area contributed by atoms with Crippen molar-refractivity contribution in [1.29, 1.82) is 0 Å². The number of hydrogen-bond donors (Lipinski definition) is 7. The van der Waals surface area contributed by atoms with Crippen molar-refractivity contribution in [2.24, 2.45) is 5.92 Å². The van der Waals surface area contributed by atoms with Gasteiger partial charge in [-0.15, -0.1) is 0 Å². The quantitative estimate of drug-likeness (QED) is 0.0364. The Morgan fingerprint density at radius 3 is 1.77 bits per heavy atom. The van der Waals surface area contributed by atoms with Gasteiger partial charge in [0.25, 0.3) is 0 Å². The number of aliphatic hydroxyl groups is 6. The van der Waals surface area contributed by atoms with Crippen LogP contribution in [0.25, 0.3) is 0 Å². The number of nitrogens with one attached hydrogen (secondary N) is 1. The minimum atomic E-state index is -3.00. The second-order valence-corrected chi connectivity index (χ2v) is 17.9. The molecule has 1 amide bonds. The summed E-state index contributed by atoms with van der Waals surface area (Å²) in [5, 5.41) is 61.9. The Hall–Kier alpha value is 2.83. The summed E-state index contributed by atoms with van der Waals surface area (Å²) in [6.07, 6.45) is -6.28. The molecule has 0 aromatic rings. The fourth-order valence-electron chi connectivity index (χ4n) is 5.83. The van der Waals surface area contributed by atoms with E-state index in [0.717, 1.165) is 0 Å². The maximum absolute atomic E-state index is 12.6.